The molecular formula is C25H30O6. The van der Waals surface area contributed by atoms with E-state index in [-0.39, 0.29) is 35.6 Å². The lowest BCUT2D eigenvalue weighted by atomic mass is 9.61. The Hall–Kier alpha value is -2.63. The van der Waals surface area contributed by atoms with Crippen LogP contribution in [0.2, 0.25) is 0 Å². The van der Waals surface area contributed by atoms with E-state index < -0.39 is 16.9 Å². The smallest absolute Gasteiger partial charge is 0.234 e. The Kier molecular flexibility index (Phi) is 4.83. The third kappa shape index (κ3) is 3.27. The summed E-state index contributed by atoms with van der Waals surface area (Å²) in [7, 11) is 3.07. The van der Waals surface area contributed by atoms with Gasteiger partial charge in [0.1, 0.15) is 5.76 Å². The number of rotatable bonds is 3. The summed E-state index contributed by atoms with van der Waals surface area (Å²) in [6, 6.07) is 5.28. The largest absolute Gasteiger partial charge is 0.493 e. The molecule has 4 rings (SSSR count). The number of hydrogen-bond donors (Lipinski definition) is 0. The number of benzene rings is 1. The molecule has 1 atom stereocenters. The van der Waals surface area contributed by atoms with Crippen LogP contribution in [0.1, 0.15) is 64.9 Å². The molecule has 6 heteroatoms. The van der Waals surface area contributed by atoms with Gasteiger partial charge in [0, 0.05) is 31.3 Å². The minimum Gasteiger partial charge on any atom is -0.493 e. The lowest BCUT2D eigenvalue weighted by Crippen LogP contribution is -2.57. The molecule has 0 radical (unpaired) electrons. The van der Waals surface area contributed by atoms with Gasteiger partial charge in [-0.3, -0.25) is 14.4 Å². The molecule has 0 amide bonds. The number of allylic oxidation sites excluding steroid dienone is 1. The third-order valence-electron chi connectivity index (χ3n) is 6.71. The summed E-state index contributed by atoms with van der Waals surface area (Å²) < 4.78 is 17.1. The van der Waals surface area contributed by atoms with Crippen molar-refractivity contribution in [2.45, 2.75) is 64.9 Å². The SMILES string of the molecule is COc1ccc([C@@H]2C3=C(CC(C)(C)CC3=O)OC23C(=O)CC(C)(C)CC3=O)cc1OC. The summed E-state index contributed by atoms with van der Waals surface area (Å²) in [6.07, 6.45) is 1.31. The number of hydrogen-bond acceptors (Lipinski definition) is 6. The van der Waals surface area contributed by atoms with E-state index in [4.69, 9.17) is 14.2 Å². The molecule has 0 unspecified atom stereocenters. The van der Waals surface area contributed by atoms with Gasteiger partial charge in [0.05, 0.1) is 20.1 Å². The van der Waals surface area contributed by atoms with Gasteiger partial charge in [-0.25, -0.2) is 0 Å². The summed E-state index contributed by atoms with van der Waals surface area (Å²) in [6.45, 7) is 7.83. The van der Waals surface area contributed by atoms with E-state index in [1.807, 2.05) is 27.7 Å². The highest BCUT2D eigenvalue weighted by molar-refractivity contribution is 6.17. The summed E-state index contributed by atoms with van der Waals surface area (Å²) in [5.74, 6) is 0.149. The number of ether oxygens (including phenoxy) is 3. The first kappa shape index (κ1) is 21.6. The number of carbonyl (C=O) groups is 3. The molecule has 1 aliphatic heterocycles. The van der Waals surface area contributed by atoms with Crippen molar-refractivity contribution in [2.24, 2.45) is 10.8 Å². The zero-order valence-corrected chi connectivity index (χ0v) is 19.1. The molecule has 6 nitrogen and oxygen atoms in total. The maximum atomic E-state index is 13.6. The highest BCUT2D eigenvalue weighted by Crippen LogP contribution is 2.57. The number of ketones is 3. The zero-order valence-electron chi connectivity index (χ0n) is 19.1. The zero-order chi connectivity index (χ0) is 22.8. The molecule has 166 valence electrons. The molecule has 0 bridgehead atoms. The molecule has 0 saturated heterocycles. The van der Waals surface area contributed by atoms with E-state index in [0.717, 1.165) is 0 Å². The number of Topliss-reactive ketones (excluding diaryl/α,β-unsaturated/α-hetero) is 3. The Labute approximate surface area is 182 Å². The fourth-order valence-corrected chi connectivity index (χ4v) is 5.37. The average Bonchev–Trinajstić information content (AvgIpc) is 3.00. The average molecular weight is 427 g/mol. The Balaban J connectivity index is 1.92. The van der Waals surface area contributed by atoms with Crippen LogP contribution in [0, 0.1) is 10.8 Å². The van der Waals surface area contributed by atoms with Crippen molar-refractivity contribution in [3.05, 3.63) is 35.1 Å². The summed E-state index contributed by atoms with van der Waals surface area (Å²) in [5.41, 5.74) is -1.29. The molecule has 1 saturated carbocycles. The van der Waals surface area contributed by atoms with Crippen molar-refractivity contribution in [2.75, 3.05) is 14.2 Å². The molecule has 31 heavy (non-hydrogen) atoms. The van der Waals surface area contributed by atoms with Gasteiger partial charge in [-0.1, -0.05) is 33.8 Å². The fraction of sp³-hybridized carbons (Fsp3) is 0.560. The number of carbonyl (C=O) groups excluding carboxylic acids is 3. The van der Waals surface area contributed by atoms with Crippen LogP contribution in [0.3, 0.4) is 0 Å². The Morgan fingerprint density at radius 2 is 1.42 bits per heavy atom. The van der Waals surface area contributed by atoms with Gasteiger partial charge in [-0.05, 0) is 28.5 Å². The number of methoxy groups -OCH3 is 2. The molecule has 0 N–H and O–H groups in total. The van der Waals surface area contributed by atoms with Gasteiger partial charge in [0.15, 0.2) is 28.8 Å². The lowest BCUT2D eigenvalue weighted by molar-refractivity contribution is -0.160. The van der Waals surface area contributed by atoms with Crippen molar-refractivity contribution in [1.82, 2.24) is 0 Å². The second-order valence-electron chi connectivity index (χ2n) is 10.5. The monoisotopic (exact) mass is 426 g/mol. The van der Waals surface area contributed by atoms with Gasteiger partial charge in [-0.2, -0.15) is 0 Å². The maximum Gasteiger partial charge on any atom is 0.234 e. The fourth-order valence-electron chi connectivity index (χ4n) is 5.37. The third-order valence-corrected chi connectivity index (χ3v) is 6.71. The predicted molar refractivity (Wildman–Crippen MR) is 114 cm³/mol. The van der Waals surface area contributed by atoms with Gasteiger partial charge >= 0.3 is 0 Å². The van der Waals surface area contributed by atoms with E-state index in [2.05, 4.69) is 0 Å². The van der Waals surface area contributed by atoms with Gasteiger partial charge < -0.3 is 14.2 Å². The summed E-state index contributed by atoms with van der Waals surface area (Å²) in [5, 5.41) is 0. The quantitative estimate of drug-likeness (QED) is 0.676. The van der Waals surface area contributed by atoms with Crippen LogP contribution in [0.15, 0.2) is 29.5 Å². The first-order valence-corrected chi connectivity index (χ1v) is 10.7. The molecular weight excluding hydrogens is 396 g/mol. The van der Waals surface area contributed by atoms with Crippen LogP contribution < -0.4 is 9.47 Å². The van der Waals surface area contributed by atoms with Crippen molar-refractivity contribution in [1.29, 1.82) is 0 Å². The minimum absolute atomic E-state index is 0.0617. The highest BCUT2D eigenvalue weighted by Gasteiger charge is 2.65. The predicted octanol–water partition coefficient (Wildman–Crippen LogP) is 4.16. The van der Waals surface area contributed by atoms with Crippen LogP contribution in [0.4, 0.5) is 0 Å². The van der Waals surface area contributed by atoms with Gasteiger partial charge in [-0.15, -0.1) is 0 Å². The van der Waals surface area contributed by atoms with Crippen molar-refractivity contribution in [3.63, 3.8) is 0 Å². The van der Waals surface area contributed by atoms with Crippen molar-refractivity contribution < 1.29 is 28.6 Å². The maximum absolute atomic E-state index is 13.6. The first-order valence-electron chi connectivity index (χ1n) is 10.7. The van der Waals surface area contributed by atoms with E-state index in [9.17, 15) is 14.4 Å². The van der Waals surface area contributed by atoms with Crippen LogP contribution in [-0.2, 0) is 19.1 Å². The molecule has 1 aromatic carbocycles. The lowest BCUT2D eigenvalue weighted by Gasteiger charge is -2.41. The Morgan fingerprint density at radius 3 is 2.00 bits per heavy atom. The van der Waals surface area contributed by atoms with E-state index in [0.29, 0.717) is 41.2 Å². The van der Waals surface area contributed by atoms with Gasteiger partial charge in [0.2, 0.25) is 5.60 Å². The molecule has 3 aliphatic rings. The normalized spacial score (nSPS) is 26.0. The second-order valence-corrected chi connectivity index (χ2v) is 10.5. The molecule has 1 aromatic rings. The molecule has 1 spiro atoms. The van der Waals surface area contributed by atoms with E-state index in [1.165, 1.54) is 7.11 Å². The standard InChI is InChI=1S/C25H30O6/c1-23(2)10-15(26)21-18(11-23)31-25(19(27)12-24(3,4)13-20(25)28)22(21)14-7-8-16(29-5)17(9-14)30-6/h7-9,22H,10-13H2,1-6H3/t22-/m1/s1. The Bertz CT molecular complexity index is 993. The van der Waals surface area contributed by atoms with Crippen LogP contribution in [0.25, 0.3) is 0 Å². The highest BCUT2D eigenvalue weighted by atomic mass is 16.5. The van der Waals surface area contributed by atoms with Crippen LogP contribution in [-0.4, -0.2) is 37.2 Å². The summed E-state index contributed by atoms with van der Waals surface area (Å²) in [4.78, 5) is 40.5. The minimum atomic E-state index is -1.68. The van der Waals surface area contributed by atoms with Gasteiger partial charge in [0.25, 0.3) is 0 Å². The Morgan fingerprint density at radius 1 is 0.839 bits per heavy atom. The summed E-state index contributed by atoms with van der Waals surface area (Å²) >= 11 is 0. The molecule has 0 aromatic heterocycles. The molecule has 1 heterocycles. The second kappa shape index (κ2) is 6.94. The van der Waals surface area contributed by atoms with Crippen molar-refractivity contribution in [3.8, 4) is 11.5 Å². The molecule has 1 fully saturated rings. The molecule has 2 aliphatic carbocycles. The van der Waals surface area contributed by atoms with E-state index in [1.54, 1.807) is 25.3 Å². The van der Waals surface area contributed by atoms with Crippen molar-refractivity contribution >= 4 is 17.3 Å². The van der Waals surface area contributed by atoms with Crippen LogP contribution >= 0.6 is 0 Å². The van der Waals surface area contributed by atoms with E-state index >= 15 is 0 Å². The van der Waals surface area contributed by atoms with Crippen LogP contribution in [0.5, 0.6) is 11.5 Å². The topological polar surface area (TPSA) is 78.9 Å². The first-order chi connectivity index (χ1) is 14.4.